The molecule has 0 aliphatic carbocycles. The lowest BCUT2D eigenvalue weighted by Gasteiger charge is -2.24. The van der Waals surface area contributed by atoms with Crippen LogP contribution in [0.4, 0.5) is 5.69 Å². The van der Waals surface area contributed by atoms with Gasteiger partial charge in [0.1, 0.15) is 29.3 Å². The van der Waals surface area contributed by atoms with E-state index in [9.17, 15) is 4.79 Å². The number of hydrogen-bond donors (Lipinski definition) is 1. The molecule has 0 saturated carbocycles. The van der Waals surface area contributed by atoms with E-state index in [0.29, 0.717) is 30.0 Å². The summed E-state index contributed by atoms with van der Waals surface area (Å²) in [6.45, 7) is 0.359. The molecule has 1 aliphatic rings. The summed E-state index contributed by atoms with van der Waals surface area (Å²) >= 11 is 0. The molecule has 4 aromatic rings. The number of anilines is 1. The molecule has 5 heteroatoms. The number of carbonyl (C=O) groups is 1. The van der Waals surface area contributed by atoms with Crippen molar-refractivity contribution in [2.75, 3.05) is 19.0 Å². The molecule has 2 heterocycles. The maximum Gasteiger partial charge on any atom is 0.231 e. The van der Waals surface area contributed by atoms with E-state index in [1.54, 1.807) is 7.11 Å². The van der Waals surface area contributed by atoms with Crippen LogP contribution in [-0.4, -0.2) is 19.6 Å². The van der Waals surface area contributed by atoms with Gasteiger partial charge in [0, 0.05) is 16.8 Å². The van der Waals surface area contributed by atoms with Crippen molar-refractivity contribution in [1.29, 1.82) is 0 Å². The standard InChI is InChI=1S/C23H19NO4/c1-26-22-11-17-16-7-3-5-9-20(16)28-21(17)12-18(22)24-23(25)15-10-14-6-2-4-8-19(14)27-13-15/h2-9,11-12,15H,10,13H2,1H3,(H,24,25)/t15-/m0/s1. The summed E-state index contributed by atoms with van der Waals surface area (Å²) in [5, 5.41) is 4.97. The van der Waals surface area contributed by atoms with Crippen molar-refractivity contribution in [3.8, 4) is 11.5 Å². The summed E-state index contributed by atoms with van der Waals surface area (Å²) < 4.78 is 17.2. The molecule has 5 rings (SSSR count). The van der Waals surface area contributed by atoms with Crippen LogP contribution in [0.25, 0.3) is 21.9 Å². The lowest BCUT2D eigenvalue weighted by Crippen LogP contribution is -2.32. The van der Waals surface area contributed by atoms with E-state index < -0.39 is 0 Å². The summed E-state index contributed by atoms with van der Waals surface area (Å²) in [5.74, 6) is 1.10. The third-order valence-electron chi connectivity index (χ3n) is 5.21. The molecule has 28 heavy (non-hydrogen) atoms. The first-order valence-corrected chi connectivity index (χ1v) is 9.24. The van der Waals surface area contributed by atoms with E-state index in [2.05, 4.69) is 5.32 Å². The van der Waals surface area contributed by atoms with E-state index >= 15 is 0 Å². The van der Waals surface area contributed by atoms with Crippen LogP contribution in [0.15, 0.2) is 65.1 Å². The second-order valence-corrected chi connectivity index (χ2v) is 6.96. The molecule has 1 aromatic heterocycles. The van der Waals surface area contributed by atoms with Crippen molar-refractivity contribution in [2.45, 2.75) is 6.42 Å². The second-order valence-electron chi connectivity index (χ2n) is 6.96. The van der Waals surface area contributed by atoms with Crippen LogP contribution in [0.2, 0.25) is 0 Å². The first-order chi connectivity index (χ1) is 13.7. The van der Waals surface area contributed by atoms with Gasteiger partial charge in [0.25, 0.3) is 0 Å². The zero-order chi connectivity index (χ0) is 19.1. The number of rotatable bonds is 3. The van der Waals surface area contributed by atoms with Gasteiger partial charge in [-0.25, -0.2) is 0 Å². The molecule has 0 radical (unpaired) electrons. The highest BCUT2D eigenvalue weighted by Crippen LogP contribution is 2.37. The van der Waals surface area contributed by atoms with E-state index in [0.717, 1.165) is 27.7 Å². The number of amides is 1. The number of nitrogens with one attached hydrogen (secondary N) is 1. The van der Waals surface area contributed by atoms with Gasteiger partial charge in [-0.15, -0.1) is 0 Å². The molecule has 1 N–H and O–H groups in total. The van der Waals surface area contributed by atoms with Gasteiger partial charge in [-0.1, -0.05) is 36.4 Å². The number of fused-ring (bicyclic) bond motifs is 4. The number of para-hydroxylation sites is 2. The molecule has 0 fully saturated rings. The highest BCUT2D eigenvalue weighted by Gasteiger charge is 2.26. The zero-order valence-electron chi connectivity index (χ0n) is 15.4. The van der Waals surface area contributed by atoms with Gasteiger partial charge in [0.15, 0.2) is 0 Å². The van der Waals surface area contributed by atoms with Gasteiger partial charge in [0.05, 0.1) is 18.7 Å². The van der Waals surface area contributed by atoms with E-state index in [4.69, 9.17) is 13.9 Å². The molecule has 1 atom stereocenters. The molecule has 0 bridgehead atoms. The minimum absolute atomic E-state index is 0.0942. The molecule has 1 amide bonds. The molecule has 0 saturated heterocycles. The lowest BCUT2D eigenvalue weighted by atomic mass is 9.96. The Hall–Kier alpha value is -3.47. The number of carbonyl (C=O) groups excluding carboxylic acids is 1. The predicted octanol–water partition coefficient (Wildman–Crippen LogP) is 4.78. The van der Waals surface area contributed by atoms with Crippen LogP contribution in [0, 0.1) is 5.92 Å². The minimum Gasteiger partial charge on any atom is -0.495 e. The molecule has 1 aliphatic heterocycles. The molecule has 0 spiro atoms. The maximum absolute atomic E-state index is 12.9. The summed E-state index contributed by atoms with van der Waals surface area (Å²) in [5.41, 5.74) is 3.16. The molecule has 0 unspecified atom stereocenters. The fraction of sp³-hybridized carbons (Fsp3) is 0.174. The molecular weight excluding hydrogens is 354 g/mol. The lowest BCUT2D eigenvalue weighted by molar-refractivity contribution is -0.121. The zero-order valence-corrected chi connectivity index (χ0v) is 15.4. The fourth-order valence-electron chi connectivity index (χ4n) is 3.75. The Kier molecular flexibility index (Phi) is 3.93. The van der Waals surface area contributed by atoms with Crippen molar-refractivity contribution >= 4 is 33.5 Å². The van der Waals surface area contributed by atoms with Crippen LogP contribution in [-0.2, 0) is 11.2 Å². The van der Waals surface area contributed by atoms with Crippen molar-refractivity contribution in [3.63, 3.8) is 0 Å². The van der Waals surface area contributed by atoms with Gasteiger partial charge < -0.3 is 19.2 Å². The Balaban J connectivity index is 1.46. The average molecular weight is 373 g/mol. The van der Waals surface area contributed by atoms with Crippen LogP contribution in [0.3, 0.4) is 0 Å². The van der Waals surface area contributed by atoms with Crippen LogP contribution >= 0.6 is 0 Å². The molecular formula is C23H19NO4. The Morgan fingerprint density at radius 1 is 1.04 bits per heavy atom. The van der Waals surface area contributed by atoms with Crippen molar-refractivity contribution in [1.82, 2.24) is 0 Å². The summed E-state index contributed by atoms with van der Waals surface area (Å²) in [6.07, 6.45) is 0.650. The highest BCUT2D eigenvalue weighted by atomic mass is 16.5. The minimum atomic E-state index is -0.258. The van der Waals surface area contributed by atoms with E-state index in [-0.39, 0.29) is 11.8 Å². The normalized spacial score (nSPS) is 15.8. The monoisotopic (exact) mass is 373 g/mol. The largest absolute Gasteiger partial charge is 0.495 e. The summed E-state index contributed by atoms with van der Waals surface area (Å²) in [6, 6.07) is 19.4. The number of methoxy groups -OCH3 is 1. The second kappa shape index (κ2) is 6.60. The van der Waals surface area contributed by atoms with Crippen molar-refractivity contribution < 1.29 is 18.7 Å². The highest BCUT2D eigenvalue weighted by molar-refractivity contribution is 6.07. The van der Waals surface area contributed by atoms with Crippen LogP contribution < -0.4 is 14.8 Å². The van der Waals surface area contributed by atoms with Crippen LogP contribution in [0.1, 0.15) is 5.56 Å². The van der Waals surface area contributed by atoms with Gasteiger partial charge in [0.2, 0.25) is 5.91 Å². The number of furan rings is 1. The Morgan fingerprint density at radius 3 is 2.75 bits per heavy atom. The molecule has 140 valence electrons. The first-order valence-electron chi connectivity index (χ1n) is 9.24. The van der Waals surface area contributed by atoms with Gasteiger partial charge in [-0.05, 0) is 30.2 Å². The Morgan fingerprint density at radius 2 is 1.86 bits per heavy atom. The maximum atomic E-state index is 12.9. The number of ether oxygens (including phenoxy) is 2. The predicted molar refractivity (Wildman–Crippen MR) is 108 cm³/mol. The number of hydrogen-bond acceptors (Lipinski definition) is 4. The Bertz CT molecular complexity index is 1190. The van der Waals surface area contributed by atoms with E-state index in [1.165, 1.54) is 0 Å². The molecule has 5 nitrogen and oxygen atoms in total. The van der Waals surface area contributed by atoms with Crippen molar-refractivity contribution in [3.05, 3.63) is 66.2 Å². The van der Waals surface area contributed by atoms with Gasteiger partial charge in [-0.3, -0.25) is 4.79 Å². The van der Waals surface area contributed by atoms with Gasteiger partial charge >= 0.3 is 0 Å². The quantitative estimate of drug-likeness (QED) is 0.561. The van der Waals surface area contributed by atoms with Crippen LogP contribution in [0.5, 0.6) is 11.5 Å². The average Bonchev–Trinajstić information content (AvgIpc) is 3.10. The summed E-state index contributed by atoms with van der Waals surface area (Å²) in [7, 11) is 1.60. The molecule has 3 aromatic carbocycles. The third-order valence-corrected chi connectivity index (χ3v) is 5.21. The Labute approximate surface area is 161 Å². The summed E-state index contributed by atoms with van der Waals surface area (Å²) in [4.78, 5) is 12.9. The number of benzene rings is 3. The fourth-order valence-corrected chi connectivity index (χ4v) is 3.75. The third kappa shape index (κ3) is 2.76. The first kappa shape index (κ1) is 16.7. The topological polar surface area (TPSA) is 60.7 Å². The SMILES string of the molecule is COc1cc2c(cc1NC(=O)[C@@H]1COc3ccccc3C1)oc1ccccc12. The smallest absolute Gasteiger partial charge is 0.231 e. The van der Waals surface area contributed by atoms with E-state index in [1.807, 2.05) is 60.7 Å². The van der Waals surface area contributed by atoms with Gasteiger partial charge in [-0.2, -0.15) is 0 Å². The van der Waals surface area contributed by atoms with Crippen molar-refractivity contribution in [2.24, 2.45) is 5.92 Å².